The van der Waals surface area contributed by atoms with Crippen LogP contribution < -0.4 is 5.73 Å². The van der Waals surface area contributed by atoms with Crippen molar-refractivity contribution in [3.63, 3.8) is 0 Å². The van der Waals surface area contributed by atoms with Gasteiger partial charge in [-0.05, 0) is 17.7 Å². The van der Waals surface area contributed by atoms with E-state index in [0.29, 0.717) is 17.4 Å². The summed E-state index contributed by atoms with van der Waals surface area (Å²) in [6.45, 7) is 2.76. The van der Waals surface area contributed by atoms with Crippen molar-refractivity contribution < 1.29 is 9.53 Å². The van der Waals surface area contributed by atoms with E-state index in [2.05, 4.69) is 11.7 Å². The van der Waals surface area contributed by atoms with Crippen molar-refractivity contribution in [2.45, 2.75) is 17.9 Å². The number of hydrogen-bond donors (Lipinski definition) is 1. The second-order valence-corrected chi connectivity index (χ2v) is 4.98. The number of nitrogens with two attached hydrogens (primary N) is 1. The topological polar surface area (TPSA) is 52.3 Å². The Morgan fingerprint density at radius 2 is 2.31 bits per heavy atom. The van der Waals surface area contributed by atoms with Gasteiger partial charge in [0.2, 0.25) is 0 Å². The molecule has 0 spiro atoms. The molecule has 0 aliphatic carbocycles. The molecule has 3 nitrogen and oxygen atoms in total. The fourth-order valence-corrected chi connectivity index (χ4v) is 2.01. The fraction of sp³-hybridized carbons (Fsp3) is 0.417. The highest BCUT2D eigenvalue weighted by Gasteiger charge is 2.06. The van der Waals surface area contributed by atoms with Gasteiger partial charge in [0.1, 0.15) is 0 Å². The van der Waals surface area contributed by atoms with E-state index < -0.39 is 0 Å². The molecule has 0 saturated heterocycles. The van der Waals surface area contributed by atoms with Gasteiger partial charge in [-0.1, -0.05) is 19.1 Å². The van der Waals surface area contributed by atoms with Crippen LogP contribution in [0.3, 0.4) is 0 Å². The van der Waals surface area contributed by atoms with Gasteiger partial charge in [-0.2, -0.15) is 11.8 Å². The van der Waals surface area contributed by atoms with Crippen molar-refractivity contribution in [1.29, 1.82) is 0 Å². The van der Waals surface area contributed by atoms with Crippen LogP contribution in [0.15, 0.2) is 24.3 Å². The summed E-state index contributed by atoms with van der Waals surface area (Å²) in [6.07, 6.45) is 0. The van der Waals surface area contributed by atoms with Crippen LogP contribution in [0, 0.1) is 0 Å². The zero-order valence-electron chi connectivity index (χ0n) is 9.60. The van der Waals surface area contributed by atoms with E-state index in [-0.39, 0.29) is 5.97 Å². The zero-order chi connectivity index (χ0) is 12.0. The molecule has 2 N–H and O–H groups in total. The van der Waals surface area contributed by atoms with Crippen LogP contribution in [-0.4, -0.2) is 24.9 Å². The Bertz CT molecular complexity index is 355. The zero-order valence-corrected chi connectivity index (χ0v) is 10.4. The summed E-state index contributed by atoms with van der Waals surface area (Å²) < 4.78 is 4.67. The Kier molecular flexibility index (Phi) is 5.35. The van der Waals surface area contributed by atoms with E-state index in [9.17, 15) is 4.79 Å². The highest BCUT2D eigenvalue weighted by atomic mass is 32.2. The summed E-state index contributed by atoms with van der Waals surface area (Å²) in [5.41, 5.74) is 7.26. The predicted molar refractivity (Wildman–Crippen MR) is 67.6 cm³/mol. The van der Waals surface area contributed by atoms with Gasteiger partial charge in [-0.3, -0.25) is 0 Å². The number of methoxy groups -OCH3 is 1. The highest BCUT2D eigenvalue weighted by molar-refractivity contribution is 7.99. The minimum Gasteiger partial charge on any atom is -0.465 e. The largest absolute Gasteiger partial charge is 0.465 e. The van der Waals surface area contributed by atoms with E-state index >= 15 is 0 Å². The average Bonchev–Trinajstić information content (AvgIpc) is 2.35. The third-order valence-electron chi connectivity index (χ3n) is 2.21. The molecule has 88 valence electrons. The SMILES string of the molecule is COC(=O)c1cccc(CSC(C)CN)c1. The molecule has 1 aromatic carbocycles. The molecular weight excluding hydrogens is 222 g/mol. The quantitative estimate of drug-likeness (QED) is 0.799. The van der Waals surface area contributed by atoms with Crippen molar-refractivity contribution in [1.82, 2.24) is 0 Å². The summed E-state index contributed by atoms with van der Waals surface area (Å²) in [6, 6.07) is 7.49. The van der Waals surface area contributed by atoms with Gasteiger partial charge in [0.05, 0.1) is 12.7 Å². The first-order chi connectivity index (χ1) is 7.67. The first-order valence-corrected chi connectivity index (χ1v) is 6.21. The molecule has 0 heterocycles. The molecule has 16 heavy (non-hydrogen) atoms. The van der Waals surface area contributed by atoms with E-state index in [4.69, 9.17) is 5.73 Å². The molecule has 4 heteroatoms. The van der Waals surface area contributed by atoms with Crippen molar-refractivity contribution in [3.8, 4) is 0 Å². The normalized spacial score (nSPS) is 12.2. The molecule has 1 aromatic rings. The van der Waals surface area contributed by atoms with E-state index in [1.54, 1.807) is 17.8 Å². The van der Waals surface area contributed by atoms with Crippen LogP contribution >= 0.6 is 11.8 Å². The molecule has 1 atom stereocenters. The van der Waals surface area contributed by atoms with Gasteiger partial charge in [-0.25, -0.2) is 4.79 Å². The maximum atomic E-state index is 11.3. The van der Waals surface area contributed by atoms with Crippen LogP contribution in [0.4, 0.5) is 0 Å². The molecule has 1 unspecified atom stereocenters. The molecule has 0 radical (unpaired) electrons. The van der Waals surface area contributed by atoms with Crippen molar-refractivity contribution in [2.75, 3.05) is 13.7 Å². The van der Waals surface area contributed by atoms with E-state index in [0.717, 1.165) is 11.3 Å². The first-order valence-electron chi connectivity index (χ1n) is 5.16. The molecule has 0 saturated carbocycles. The number of benzene rings is 1. The van der Waals surface area contributed by atoms with E-state index in [1.807, 2.05) is 18.2 Å². The van der Waals surface area contributed by atoms with Gasteiger partial charge in [-0.15, -0.1) is 0 Å². The molecule has 1 rings (SSSR count). The van der Waals surface area contributed by atoms with Crippen LogP contribution in [0.1, 0.15) is 22.8 Å². The summed E-state index contributed by atoms with van der Waals surface area (Å²) >= 11 is 1.78. The lowest BCUT2D eigenvalue weighted by Gasteiger charge is -2.08. The number of ether oxygens (including phenoxy) is 1. The van der Waals surface area contributed by atoms with Crippen LogP contribution in [0.5, 0.6) is 0 Å². The van der Waals surface area contributed by atoms with Gasteiger partial charge >= 0.3 is 5.97 Å². The maximum Gasteiger partial charge on any atom is 0.337 e. The lowest BCUT2D eigenvalue weighted by Crippen LogP contribution is -2.12. The Labute approximate surface area is 100 Å². The lowest BCUT2D eigenvalue weighted by molar-refractivity contribution is 0.0600. The van der Waals surface area contributed by atoms with Gasteiger partial charge in [0, 0.05) is 17.5 Å². The Morgan fingerprint density at radius 3 is 2.94 bits per heavy atom. The second kappa shape index (κ2) is 6.55. The fourth-order valence-electron chi connectivity index (χ4n) is 1.21. The Morgan fingerprint density at radius 1 is 1.56 bits per heavy atom. The lowest BCUT2D eigenvalue weighted by atomic mass is 10.1. The molecular formula is C12H17NO2S. The smallest absolute Gasteiger partial charge is 0.337 e. The van der Waals surface area contributed by atoms with Crippen LogP contribution in [0.25, 0.3) is 0 Å². The van der Waals surface area contributed by atoms with E-state index in [1.165, 1.54) is 7.11 Å². The number of esters is 1. The highest BCUT2D eigenvalue weighted by Crippen LogP contribution is 2.18. The van der Waals surface area contributed by atoms with Crippen LogP contribution in [-0.2, 0) is 10.5 Å². The number of thioether (sulfide) groups is 1. The number of carbonyl (C=O) groups excluding carboxylic acids is 1. The minimum absolute atomic E-state index is 0.293. The van der Waals surface area contributed by atoms with Crippen LogP contribution in [0.2, 0.25) is 0 Å². The maximum absolute atomic E-state index is 11.3. The second-order valence-electron chi connectivity index (χ2n) is 3.55. The molecule has 0 aromatic heterocycles. The molecule has 0 bridgehead atoms. The molecule has 0 aliphatic heterocycles. The van der Waals surface area contributed by atoms with Crippen molar-refractivity contribution in [2.24, 2.45) is 5.73 Å². The monoisotopic (exact) mass is 239 g/mol. The average molecular weight is 239 g/mol. The first kappa shape index (κ1) is 13.1. The summed E-state index contributed by atoms with van der Waals surface area (Å²) in [5, 5.41) is 0.432. The van der Waals surface area contributed by atoms with Crippen molar-refractivity contribution in [3.05, 3.63) is 35.4 Å². The number of carbonyl (C=O) groups is 1. The van der Waals surface area contributed by atoms with Crippen molar-refractivity contribution >= 4 is 17.7 Å². The summed E-state index contributed by atoms with van der Waals surface area (Å²) in [4.78, 5) is 11.3. The predicted octanol–water partition coefficient (Wildman–Crippen LogP) is 2.05. The Hall–Kier alpha value is -1.00. The summed E-state index contributed by atoms with van der Waals surface area (Å²) in [7, 11) is 1.39. The Balaban J connectivity index is 2.64. The van der Waals surface area contributed by atoms with Gasteiger partial charge in [0.25, 0.3) is 0 Å². The number of rotatable bonds is 5. The standard InChI is InChI=1S/C12H17NO2S/c1-9(7-13)16-8-10-4-3-5-11(6-10)12(14)15-2/h3-6,9H,7-8,13H2,1-2H3. The summed E-state index contributed by atoms with van der Waals surface area (Å²) in [5.74, 6) is 0.571. The minimum atomic E-state index is -0.293. The molecule has 0 aliphatic rings. The van der Waals surface area contributed by atoms with Gasteiger partial charge in [0.15, 0.2) is 0 Å². The number of hydrogen-bond acceptors (Lipinski definition) is 4. The molecule has 0 fully saturated rings. The third kappa shape index (κ3) is 3.87. The third-order valence-corrected chi connectivity index (χ3v) is 3.48. The molecule has 0 amide bonds. The van der Waals surface area contributed by atoms with Gasteiger partial charge < -0.3 is 10.5 Å².